The Hall–Kier alpha value is -1.53. The summed E-state index contributed by atoms with van der Waals surface area (Å²) in [4.78, 5) is 47.5. The van der Waals surface area contributed by atoms with Crippen LogP contribution in [0.25, 0.3) is 0 Å². The van der Waals surface area contributed by atoms with Crippen molar-refractivity contribution in [2.45, 2.75) is 70.6 Å². The van der Waals surface area contributed by atoms with Crippen LogP contribution in [0.3, 0.4) is 0 Å². The van der Waals surface area contributed by atoms with Gasteiger partial charge in [0.2, 0.25) is 11.6 Å². The number of carbonyl (C=O) groups excluding carboxylic acids is 4. The SMILES string of the molecule is C[C@@H](O)[C@H](NC(=O)OC(C)(C)C)C(=O)C(=O)[C@H](CS)NN[C@H](C=O)[C@@H](C)O. The molecule has 0 aliphatic rings. The summed E-state index contributed by atoms with van der Waals surface area (Å²) in [5.41, 5.74) is 4.06. The number of rotatable bonds is 11. The van der Waals surface area contributed by atoms with Gasteiger partial charge in [0.25, 0.3) is 0 Å². The zero-order chi connectivity index (χ0) is 21.4. The highest BCUT2D eigenvalue weighted by Crippen LogP contribution is 2.08. The van der Waals surface area contributed by atoms with E-state index >= 15 is 0 Å². The summed E-state index contributed by atoms with van der Waals surface area (Å²) in [5, 5.41) is 21.4. The van der Waals surface area contributed by atoms with Gasteiger partial charge in [0.05, 0.1) is 18.2 Å². The maximum atomic E-state index is 12.4. The van der Waals surface area contributed by atoms with Crippen molar-refractivity contribution in [3.8, 4) is 0 Å². The lowest BCUT2D eigenvalue weighted by Gasteiger charge is -2.25. The zero-order valence-corrected chi connectivity index (χ0v) is 16.9. The van der Waals surface area contributed by atoms with E-state index in [0.29, 0.717) is 6.29 Å². The van der Waals surface area contributed by atoms with Crippen molar-refractivity contribution < 1.29 is 34.1 Å². The van der Waals surface area contributed by atoms with Crippen LogP contribution in [0.4, 0.5) is 4.79 Å². The number of thiol groups is 1. The minimum Gasteiger partial charge on any atom is -0.444 e. The highest BCUT2D eigenvalue weighted by Gasteiger charge is 2.35. The predicted molar refractivity (Wildman–Crippen MR) is 100 cm³/mol. The molecule has 0 saturated heterocycles. The second-order valence-corrected chi connectivity index (χ2v) is 7.38. The molecule has 0 fully saturated rings. The lowest BCUT2D eigenvalue weighted by Crippen LogP contribution is -2.59. The van der Waals surface area contributed by atoms with Crippen LogP contribution in [0.15, 0.2) is 0 Å². The number of ketones is 2. The van der Waals surface area contributed by atoms with Crippen molar-refractivity contribution >= 4 is 36.6 Å². The first-order chi connectivity index (χ1) is 12.3. The van der Waals surface area contributed by atoms with E-state index in [4.69, 9.17) is 4.74 Å². The van der Waals surface area contributed by atoms with Crippen LogP contribution in [0.5, 0.6) is 0 Å². The minimum absolute atomic E-state index is 0.123. The number of ether oxygens (including phenoxy) is 1. The average Bonchev–Trinajstić information content (AvgIpc) is 2.53. The van der Waals surface area contributed by atoms with E-state index in [1.165, 1.54) is 13.8 Å². The topological polar surface area (TPSA) is 154 Å². The van der Waals surface area contributed by atoms with Crippen LogP contribution >= 0.6 is 12.6 Å². The molecule has 1 amide bonds. The largest absolute Gasteiger partial charge is 0.444 e. The lowest BCUT2D eigenvalue weighted by atomic mass is 10.0. The fraction of sp³-hybridized carbons (Fsp3) is 0.750. The van der Waals surface area contributed by atoms with Gasteiger partial charge in [0.15, 0.2) is 0 Å². The number of nitrogens with one attached hydrogen (secondary N) is 3. The van der Waals surface area contributed by atoms with Crippen molar-refractivity contribution in [2.75, 3.05) is 5.75 Å². The number of carbonyl (C=O) groups is 4. The highest BCUT2D eigenvalue weighted by atomic mass is 32.1. The normalized spacial score (nSPS) is 17.2. The number of Topliss-reactive ketones (excluding diaryl/α,β-unsaturated/α-hetero) is 2. The molecule has 5 N–H and O–H groups in total. The number of hydrogen-bond donors (Lipinski definition) is 6. The summed E-state index contributed by atoms with van der Waals surface area (Å²) in [7, 11) is 0. The van der Waals surface area contributed by atoms with Gasteiger partial charge in [-0.3, -0.25) is 9.59 Å². The first-order valence-electron chi connectivity index (χ1n) is 8.35. The van der Waals surface area contributed by atoms with Gasteiger partial charge in [-0.05, 0) is 34.6 Å². The van der Waals surface area contributed by atoms with Gasteiger partial charge in [0, 0.05) is 5.75 Å². The Morgan fingerprint density at radius 2 is 1.63 bits per heavy atom. The number of aldehydes is 1. The Bertz CT molecular complexity index is 535. The lowest BCUT2D eigenvalue weighted by molar-refractivity contribution is -0.140. The molecule has 0 unspecified atom stereocenters. The highest BCUT2D eigenvalue weighted by molar-refractivity contribution is 7.80. The summed E-state index contributed by atoms with van der Waals surface area (Å²) in [5.74, 6) is -2.17. The molecule has 5 atom stereocenters. The third-order valence-corrected chi connectivity index (χ3v) is 3.63. The number of hydrazine groups is 1. The number of amides is 1. The molecule has 0 spiro atoms. The Labute approximate surface area is 163 Å². The molecule has 0 saturated carbocycles. The van der Waals surface area contributed by atoms with Gasteiger partial charge >= 0.3 is 6.09 Å². The summed E-state index contributed by atoms with van der Waals surface area (Å²) in [6.45, 7) is 7.47. The first-order valence-corrected chi connectivity index (χ1v) is 8.98. The molecule has 0 aromatic heterocycles. The van der Waals surface area contributed by atoms with E-state index in [1.54, 1.807) is 20.8 Å². The molecule has 0 bridgehead atoms. The van der Waals surface area contributed by atoms with Gasteiger partial charge < -0.3 is 25.1 Å². The van der Waals surface area contributed by atoms with E-state index in [1.807, 2.05) is 0 Å². The molecule has 0 aromatic carbocycles. The standard InChI is InChI=1S/C16H29N3O7S/c1-8(21)10(6-20)18-19-11(7-27)13(23)14(24)12(9(2)22)17-15(25)26-16(3,4)5/h6,8-12,18-19,21-22,27H,7H2,1-5H3,(H,17,25)/t8-,9-,10-,11+,12+/m1/s1. The van der Waals surface area contributed by atoms with Crippen LogP contribution in [0, 0.1) is 0 Å². The zero-order valence-electron chi connectivity index (χ0n) is 16.1. The minimum atomic E-state index is -1.52. The van der Waals surface area contributed by atoms with Crippen molar-refractivity contribution in [1.29, 1.82) is 0 Å². The molecule has 10 nitrogen and oxygen atoms in total. The number of alkyl carbamates (subject to hydrolysis) is 1. The van der Waals surface area contributed by atoms with E-state index in [-0.39, 0.29) is 5.75 Å². The number of aliphatic hydroxyl groups is 2. The van der Waals surface area contributed by atoms with Gasteiger partial charge in [-0.1, -0.05) is 0 Å². The Morgan fingerprint density at radius 1 is 1.07 bits per heavy atom. The third kappa shape index (κ3) is 9.29. The van der Waals surface area contributed by atoms with Crippen molar-refractivity contribution in [2.24, 2.45) is 0 Å². The maximum absolute atomic E-state index is 12.4. The summed E-state index contributed by atoms with van der Waals surface area (Å²) < 4.78 is 5.02. The molecule has 27 heavy (non-hydrogen) atoms. The summed E-state index contributed by atoms with van der Waals surface area (Å²) in [6.07, 6.45) is -2.93. The molecule has 0 aliphatic carbocycles. The average molecular weight is 407 g/mol. The van der Waals surface area contributed by atoms with Crippen LogP contribution in [0.1, 0.15) is 34.6 Å². The monoisotopic (exact) mass is 407 g/mol. The van der Waals surface area contributed by atoms with Crippen molar-refractivity contribution in [3.05, 3.63) is 0 Å². The fourth-order valence-electron chi connectivity index (χ4n) is 1.82. The molecule has 0 aromatic rings. The van der Waals surface area contributed by atoms with Crippen molar-refractivity contribution in [3.63, 3.8) is 0 Å². The second-order valence-electron chi connectivity index (χ2n) is 7.02. The molecule has 0 heterocycles. The van der Waals surface area contributed by atoms with Crippen LogP contribution in [0.2, 0.25) is 0 Å². The van der Waals surface area contributed by atoms with Crippen LogP contribution < -0.4 is 16.2 Å². The van der Waals surface area contributed by atoms with Crippen LogP contribution in [-0.2, 0) is 19.1 Å². The second kappa shape index (κ2) is 11.3. The fourth-order valence-corrected chi connectivity index (χ4v) is 2.08. The summed E-state index contributed by atoms with van der Waals surface area (Å²) >= 11 is 3.98. The molecular formula is C16H29N3O7S. The van der Waals surface area contributed by atoms with Crippen LogP contribution in [-0.4, -0.2) is 75.8 Å². The smallest absolute Gasteiger partial charge is 0.408 e. The van der Waals surface area contributed by atoms with Gasteiger partial charge in [-0.15, -0.1) is 0 Å². The maximum Gasteiger partial charge on any atom is 0.408 e. The van der Waals surface area contributed by atoms with E-state index in [0.717, 1.165) is 0 Å². The molecule has 156 valence electrons. The number of hydrogen-bond acceptors (Lipinski definition) is 10. The quantitative estimate of drug-likeness (QED) is 0.107. The van der Waals surface area contributed by atoms with Gasteiger partial charge in [-0.25, -0.2) is 15.6 Å². The third-order valence-electron chi connectivity index (χ3n) is 3.27. The summed E-state index contributed by atoms with van der Waals surface area (Å²) in [6, 6.07) is -3.69. The predicted octanol–water partition coefficient (Wildman–Crippen LogP) is -1.26. The molecular weight excluding hydrogens is 378 g/mol. The molecule has 0 aliphatic heterocycles. The first kappa shape index (κ1) is 25.5. The van der Waals surface area contributed by atoms with Gasteiger partial charge in [0.1, 0.15) is 24.0 Å². The Kier molecular flexibility index (Phi) is 10.7. The Morgan fingerprint density at radius 3 is 2.00 bits per heavy atom. The molecule has 0 radical (unpaired) electrons. The Balaban J connectivity index is 5.10. The molecule has 0 rings (SSSR count). The van der Waals surface area contributed by atoms with E-state index < -0.39 is 53.6 Å². The number of aliphatic hydroxyl groups excluding tert-OH is 2. The van der Waals surface area contributed by atoms with E-state index in [9.17, 15) is 29.4 Å². The van der Waals surface area contributed by atoms with E-state index in [2.05, 4.69) is 28.8 Å². The van der Waals surface area contributed by atoms with Crippen molar-refractivity contribution in [1.82, 2.24) is 16.2 Å². The molecule has 11 heteroatoms. The van der Waals surface area contributed by atoms with Gasteiger partial charge in [-0.2, -0.15) is 12.6 Å².